The van der Waals surface area contributed by atoms with Crippen LogP contribution in [0.4, 0.5) is 5.69 Å². The summed E-state index contributed by atoms with van der Waals surface area (Å²) in [5.74, 6) is -0.157. The summed E-state index contributed by atoms with van der Waals surface area (Å²) in [4.78, 5) is 12.8. The fourth-order valence-electron chi connectivity index (χ4n) is 2.94. The normalized spacial score (nSPS) is 11.7. The number of carbonyl (C=O) groups is 1. The van der Waals surface area contributed by atoms with Crippen LogP contribution in [-0.4, -0.2) is 10.5 Å². The molecule has 3 rings (SSSR count). The number of hydrogen-bond donors (Lipinski definition) is 1. The Morgan fingerprint density at radius 2 is 1.79 bits per heavy atom. The standard InChI is InChI=1S/C20H21ClN2O/c1-20(2,3)15-9-6-10-16(17(15)21)22-19(24)14-8-5-7-13-11-12-23(4)18(13)14/h5-12H,1-4H3,(H,22,24). The summed E-state index contributed by atoms with van der Waals surface area (Å²) in [6.07, 6.45) is 1.95. The van der Waals surface area contributed by atoms with Crippen LogP contribution >= 0.6 is 11.6 Å². The molecule has 1 amide bonds. The monoisotopic (exact) mass is 340 g/mol. The Hall–Kier alpha value is -2.26. The summed E-state index contributed by atoms with van der Waals surface area (Å²) in [5.41, 5.74) is 3.12. The van der Waals surface area contributed by atoms with Crippen LogP contribution in [0.1, 0.15) is 36.7 Å². The number of aromatic nitrogens is 1. The molecule has 0 aliphatic rings. The second kappa shape index (κ2) is 5.99. The minimum Gasteiger partial charge on any atom is -0.350 e. The Labute approximate surface area is 147 Å². The van der Waals surface area contributed by atoms with Gasteiger partial charge in [-0.2, -0.15) is 0 Å². The van der Waals surface area contributed by atoms with Gasteiger partial charge in [-0.15, -0.1) is 0 Å². The van der Waals surface area contributed by atoms with Gasteiger partial charge in [-0.25, -0.2) is 0 Å². The first-order valence-corrected chi connectivity index (χ1v) is 8.31. The van der Waals surface area contributed by atoms with Gasteiger partial charge in [0, 0.05) is 18.6 Å². The number of amides is 1. The summed E-state index contributed by atoms with van der Waals surface area (Å²) < 4.78 is 1.96. The number of anilines is 1. The van der Waals surface area contributed by atoms with Gasteiger partial charge >= 0.3 is 0 Å². The molecule has 0 spiro atoms. The van der Waals surface area contributed by atoms with Crippen molar-refractivity contribution in [1.82, 2.24) is 4.57 Å². The van der Waals surface area contributed by atoms with E-state index in [0.717, 1.165) is 16.5 Å². The number of rotatable bonds is 2. The van der Waals surface area contributed by atoms with E-state index in [1.165, 1.54) is 0 Å². The summed E-state index contributed by atoms with van der Waals surface area (Å²) in [6.45, 7) is 6.31. The van der Waals surface area contributed by atoms with Gasteiger partial charge in [0.05, 0.1) is 21.8 Å². The maximum absolute atomic E-state index is 12.8. The molecule has 1 aromatic heterocycles. The summed E-state index contributed by atoms with van der Waals surface area (Å²) in [6, 6.07) is 13.5. The van der Waals surface area contributed by atoms with Crippen LogP contribution < -0.4 is 5.32 Å². The summed E-state index contributed by atoms with van der Waals surface area (Å²) in [5, 5.41) is 4.60. The van der Waals surface area contributed by atoms with Crippen LogP contribution in [0.2, 0.25) is 5.02 Å². The molecule has 0 atom stereocenters. The predicted molar refractivity (Wildman–Crippen MR) is 101 cm³/mol. The lowest BCUT2D eigenvalue weighted by atomic mass is 9.87. The summed E-state index contributed by atoms with van der Waals surface area (Å²) in [7, 11) is 1.94. The molecule has 24 heavy (non-hydrogen) atoms. The Morgan fingerprint density at radius 1 is 1.08 bits per heavy atom. The quantitative estimate of drug-likeness (QED) is 0.667. The maximum Gasteiger partial charge on any atom is 0.257 e. The van der Waals surface area contributed by atoms with Crippen LogP contribution in [0.5, 0.6) is 0 Å². The molecule has 1 heterocycles. The molecule has 3 aromatic rings. The Balaban J connectivity index is 2.00. The van der Waals surface area contributed by atoms with Crippen LogP contribution in [0.25, 0.3) is 10.9 Å². The first kappa shape index (κ1) is 16.6. The van der Waals surface area contributed by atoms with E-state index in [0.29, 0.717) is 16.3 Å². The third-order valence-electron chi connectivity index (χ3n) is 4.20. The average molecular weight is 341 g/mol. The predicted octanol–water partition coefficient (Wildman–Crippen LogP) is 5.38. The SMILES string of the molecule is Cn1ccc2cccc(C(=O)Nc3cccc(C(C)(C)C)c3Cl)c21. The van der Waals surface area contributed by atoms with Crippen molar-refractivity contribution in [3.8, 4) is 0 Å². The minimum absolute atomic E-state index is 0.0873. The third kappa shape index (κ3) is 2.92. The number of halogens is 1. The van der Waals surface area contributed by atoms with Crippen LogP contribution in [0, 0.1) is 0 Å². The molecule has 0 bridgehead atoms. The molecule has 2 aromatic carbocycles. The number of benzene rings is 2. The van der Waals surface area contributed by atoms with Crippen molar-refractivity contribution in [2.75, 3.05) is 5.32 Å². The van der Waals surface area contributed by atoms with Crippen LogP contribution in [-0.2, 0) is 12.5 Å². The van der Waals surface area contributed by atoms with Crippen molar-refractivity contribution in [1.29, 1.82) is 0 Å². The third-order valence-corrected chi connectivity index (χ3v) is 4.60. The zero-order chi connectivity index (χ0) is 17.5. The fourth-order valence-corrected chi connectivity index (χ4v) is 3.39. The second-order valence-corrected chi connectivity index (χ2v) is 7.42. The molecule has 0 saturated heterocycles. The first-order valence-electron chi connectivity index (χ1n) is 7.93. The Kier molecular flexibility index (Phi) is 4.14. The molecule has 0 aliphatic carbocycles. The van der Waals surface area contributed by atoms with Crippen LogP contribution in [0.15, 0.2) is 48.7 Å². The van der Waals surface area contributed by atoms with E-state index in [4.69, 9.17) is 11.6 Å². The van der Waals surface area contributed by atoms with E-state index >= 15 is 0 Å². The molecule has 0 unspecified atom stereocenters. The molecule has 0 saturated carbocycles. The molecule has 3 nitrogen and oxygen atoms in total. The Morgan fingerprint density at radius 3 is 2.50 bits per heavy atom. The molecule has 0 fully saturated rings. The second-order valence-electron chi connectivity index (χ2n) is 7.04. The lowest BCUT2D eigenvalue weighted by molar-refractivity contribution is 0.102. The zero-order valence-electron chi connectivity index (χ0n) is 14.4. The van der Waals surface area contributed by atoms with Gasteiger partial charge in [0.15, 0.2) is 0 Å². The highest BCUT2D eigenvalue weighted by Crippen LogP contribution is 2.34. The fraction of sp³-hybridized carbons (Fsp3) is 0.250. The maximum atomic E-state index is 12.8. The largest absolute Gasteiger partial charge is 0.350 e. The Bertz CT molecular complexity index is 919. The number of nitrogens with zero attached hydrogens (tertiary/aromatic N) is 1. The number of nitrogens with one attached hydrogen (secondary N) is 1. The van der Waals surface area contributed by atoms with E-state index in [1.807, 2.05) is 60.3 Å². The van der Waals surface area contributed by atoms with E-state index in [-0.39, 0.29) is 11.3 Å². The van der Waals surface area contributed by atoms with Gasteiger partial charge in [-0.1, -0.05) is 56.6 Å². The summed E-state index contributed by atoms with van der Waals surface area (Å²) >= 11 is 6.53. The molecule has 4 heteroatoms. The average Bonchev–Trinajstić information content (AvgIpc) is 2.90. The van der Waals surface area contributed by atoms with Gasteiger partial charge in [0.1, 0.15) is 0 Å². The number of fused-ring (bicyclic) bond motifs is 1. The molecule has 1 N–H and O–H groups in total. The van der Waals surface area contributed by atoms with E-state index in [2.05, 4.69) is 26.1 Å². The molecular formula is C20H21ClN2O. The molecule has 0 radical (unpaired) electrons. The first-order chi connectivity index (χ1) is 11.3. The highest BCUT2D eigenvalue weighted by molar-refractivity contribution is 6.35. The van der Waals surface area contributed by atoms with Crippen molar-refractivity contribution < 1.29 is 4.79 Å². The molecular weight excluding hydrogens is 320 g/mol. The van der Waals surface area contributed by atoms with Crippen molar-refractivity contribution in [3.63, 3.8) is 0 Å². The molecule has 0 aliphatic heterocycles. The highest BCUT2D eigenvalue weighted by Gasteiger charge is 2.20. The number of carbonyl (C=O) groups excluding carboxylic acids is 1. The number of aryl methyl sites for hydroxylation is 1. The van der Waals surface area contributed by atoms with E-state index in [9.17, 15) is 4.79 Å². The zero-order valence-corrected chi connectivity index (χ0v) is 15.1. The lowest BCUT2D eigenvalue weighted by Crippen LogP contribution is -2.16. The number of para-hydroxylation sites is 1. The van der Waals surface area contributed by atoms with Gasteiger partial charge in [-0.05, 0) is 29.2 Å². The van der Waals surface area contributed by atoms with E-state index < -0.39 is 0 Å². The van der Waals surface area contributed by atoms with Gasteiger partial charge in [0.2, 0.25) is 0 Å². The highest BCUT2D eigenvalue weighted by atomic mass is 35.5. The van der Waals surface area contributed by atoms with E-state index in [1.54, 1.807) is 0 Å². The van der Waals surface area contributed by atoms with Crippen LogP contribution in [0.3, 0.4) is 0 Å². The minimum atomic E-state index is -0.157. The van der Waals surface area contributed by atoms with Gasteiger partial charge in [-0.3, -0.25) is 4.79 Å². The van der Waals surface area contributed by atoms with Crippen molar-refractivity contribution >= 4 is 34.1 Å². The number of hydrogen-bond acceptors (Lipinski definition) is 1. The topological polar surface area (TPSA) is 34.0 Å². The van der Waals surface area contributed by atoms with Crippen molar-refractivity contribution in [3.05, 3.63) is 64.8 Å². The molecule has 124 valence electrons. The van der Waals surface area contributed by atoms with Crippen molar-refractivity contribution in [2.45, 2.75) is 26.2 Å². The van der Waals surface area contributed by atoms with Gasteiger partial charge < -0.3 is 9.88 Å². The van der Waals surface area contributed by atoms with Crippen molar-refractivity contribution in [2.24, 2.45) is 7.05 Å². The van der Waals surface area contributed by atoms with Gasteiger partial charge in [0.25, 0.3) is 5.91 Å². The lowest BCUT2D eigenvalue weighted by Gasteiger charge is -2.22. The smallest absolute Gasteiger partial charge is 0.257 e.